The number of rotatable bonds is 5. The molecule has 0 bridgehead atoms. The Morgan fingerprint density at radius 2 is 1.97 bits per heavy atom. The molecule has 2 atom stereocenters. The largest absolute Gasteiger partial charge is 0.508 e. The zero-order valence-electron chi connectivity index (χ0n) is 16.0. The van der Waals surface area contributed by atoms with E-state index < -0.39 is 24.0 Å². The molecule has 1 aromatic carbocycles. The monoisotopic (exact) mass is 409 g/mol. The number of benzene rings is 1. The third kappa shape index (κ3) is 4.45. The van der Waals surface area contributed by atoms with Crippen molar-refractivity contribution in [3.8, 4) is 5.75 Å². The van der Waals surface area contributed by atoms with Gasteiger partial charge in [0.1, 0.15) is 11.4 Å². The second-order valence-corrected chi connectivity index (χ2v) is 7.37. The molecule has 1 fully saturated rings. The number of phenolic OH excluding ortho intramolecular Hbond substituents is 1. The lowest BCUT2D eigenvalue weighted by Gasteiger charge is -2.28. The molecule has 2 aromatic rings. The molecular formula is C20H22F3N3O3. The van der Waals surface area contributed by atoms with Gasteiger partial charge >= 0.3 is 12.2 Å². The fraction of sp³-hybridized carbons (Fsp3) is 0.400. The van der Waals surface area contributed by atoms with E-state index in [0.717, 1.165) is 12.3 Å². The zero-order chi connectivity index (χ0) is 21.3. The average molecular weight is 409 g/mol. The van der Waals surface area contributed by atoms with Crippen molar-refractivity contribution in [2.75, 3.05) is 18.0 Å². The molecule has 0 saturated carbocycles. The van der Waals surface area contributed by atoms with E-state index in [-0.39, 0.29) is 36.5 Å². The van der Waals surface area contributed by atoms with Crippen LogP contribution in [0.3, 0.4) is 0 Å². The molecule has 0 spiro atoms. The molecule has 156 valence electrons. The van der Waals surface area contributed by atoms with Crippen LogP contribution in [0.25, 0.3) is 0 Å². The van der Waals surface area contributed by atoms with E-state index in [1.165, 1.54) is 28.0 Å². The van der Waals surface area contributed by atoms with E-state index in [4.69, 9.17) is 0 Å². The maximum Gasteiger partial charge on any atom is 0.433 e. The Balaban J connectivity index is 1.82. The number of phenols is 1. The molecule has 1 unspecified atom stereocenters. The van der Waals surface area contributed by atoms with Gasteiger partial charge in [0.05, 0.1) is 30.6 Å². The molecule has 1 saturated heterocycles. The second kappa shape index (κ2) is 7.90. The first-order chi connectivity index (χ1) is 13.6. The summed E-state index contributed by atoms with van der Waals surface area (Å²) < 4.78 is 38.2. The quantitative estimate of drug-likeness (QED) is 0.788. The summed E-state index contributed by atoms with van der Waals surface area (Å²) in [5.74, 6) is 0.0647. The highest BCUT2D eigenvalue weighted by molar-refractivity contribution is 5.94. The SMILES string of the molecule is CC(C)[C@H]1CN(c2ccc(C(F)(F)F)nc2)C(=O)N1CC(O)c1cccc(O)c1. The van der Waals surface area contributed by atoms with Crippen molar-refractivity contribution in [2.24, 2.45) is 5.92 Å². The molecule has 3 rings (SSSR count). The minimum atomic E-state index is -4.55. The number of urea groups is 1. The number of amides is 2. The molecule has 0 radical (unpaired) electrons. The number of carbonyl (C=O) groups is 1. The van der Waals surface area contributed by atoms with Crippen molar-refractivity contribution in [2.45, 2.75) is 32.2 Å². The van der Waals surface area contributed by atoms with Crippen LogP contribution in [0, 0.1) is 5.92 Å². The number of aliphatic hydroxyl groups is 1. The predicted octanol–water partition coefficient (Wildman–Crippen LogP) is 3.81. The van der Waals surface area contributed by atoms with Crippen LogP contribution in [-0.4, -0.2) is 45.3 Å². The summed E-state index contributed by atoms with van der Waals surface area (Å²) in [4.78, 5) is 19.3. The lowest BCUT2D eigenvalue weighted by Crippen LogP contribution is -2.40. The zero-order valence-corrected chi connectivity index (χ0v) is 16.0. The van der Waals surface area contributed by atoms with Crippen LogP contribution in [0.5, 0.6) is 5.75 Å². The predicted molar refractivity (Wildman–Crippen MR) is 100 cm³/mol. The van der Waals surface area contributed by atoms with E-state index in [1.807, 2.05) is 13.8 Å². The van der Waals surface area contributed by atoms with Crippen molar-refractivity contribution in [1.82, 2.24) is 9.88 Å². The fourth-order valence-electron chi connectivity index (χ4n) is 3.40. The summed E-state index contributed by atoms with van der Waals surface area (Å²) in [5.41, 5.74) is -0.289. The van der Waals surface area contributed by atoms with Crippen molar-refractivity contribution in [3.05, 3.63) is 53.9 Å². The Labute approximate surface area is 166 Å². The first kappa shape index (κ1) is 20.9. The summed E-state index contributed by atoms with van der Waals surface area (Å²) >= 11 is 0. The third-order valence-corrected chi connectivity index (χ3v) is 4.99. The van der Waals surface area contributed by atoms with Gasteiger partial charge in [-0.3, -0.25) is 4.90 Å². The van der Waals surface area contributed by atoms with E-state index in [1.54, 1.807) is 12.1 Å². The lowest BCUT2D eigenvalue weighted by molar-refractivity contribution is -0.141. The fourth-order valence-corrected chi connectivity index (χ4v) is 3.40. The minimum Gasteiger partial charge on any atom is -0.508 e. The summed E-state index contributed by atoms with van der Waals surface area (Å²) in [5, 5.41) is 20.1. The number of β-amino-alcohol motifs (C(OH)–C–C–N with tert-alkyl or cyclic N) is 1. The molecule has 9 heteroatoms. The number of pyridine rings is 1. The van der Waals surface area contributed by atoms with Crippen LogP contribution in [0.1, 0.15) is 31.2 Å². The standard InChI is InChI=1S/C20H22F3N3O3/c1-12(2)16-10-25(14-6-7-18(24-9-14)20(21,22)23)19(29)26(16)11-17(28)13-4-3-5-15(27)8-13/h3-9,12,16-17,27-28H,10-11H2,1-2H3/t16-,17?/m1/s1. The highest BCUT2D eigenvalue weighted by atomic mass is 19.4. The van der Waals surface area contributed by atoms with Crippen LogP contribution in [0.4, 0.5) is 23.7 Å². The van der Waals surface area contributed by atoms with Gasteiger partial charge in [-0.1, -0.05) is 26.0 Å². The van der Waals surface area contributed by atoms with Crippen LogP contribution >= 0.6 is 0 Å². The van der Waals surface area contributed by atoms with Crippen LogP contribution < -0.4 is 4.90 Å². The molecule has 2 heterocycles. The van der Waals surface area contributed by atoms with E-state index in [0.29, 0.717) is 5.56 Å². The van der Waals surface area contributed by atoms with Crippen molar-refractivity contribution < 1.29 is 28.2 Å². The Hall–Kier alpha value is -2.81. The average Bonchev–Trinajstić information content (AvgIpc) is 2.98. The van der Waals surface area contributed by atoms with Gasteiger partial charge in [-0.15, -0.1) is 0 Å². The lowest BCUT2D eigenvalue weighted by atomic mass is 10.0. The number of nitrogens with zero attached hydrogens (tertiary/aromatic N) is 3. The molecule has 0 aliphatic carbocycles. The highest BCUT2D eigenvalue weighted by Gasteiger charge is 2.41. The van der Waals surface area contributed by atoms with Crippen LogP contribution in [-0.2, 0) is 6.18 Å². The second-order valence-electron chi connectivity index (χ2n) is 7.37. The van der Waals surface area contributed by atoms with Crippen molar-refractivity contribution in [1.29, 1.82) is 0 Å². The Bertz CT molecular complexity index is 871. The smallest absolute Gasteiger partial charge is 0.433 e. The summed E-state index contributed by atoms with van der Waals surface area (Å²) in [6.45, 7) is 4.13. The summed E-state index contributed by atoms with van der Waals surface area (Å²) in [6, 6.07) is 7.56. The molecule has 1 aliphatic heterocycles. The molecular weight excluding hydrogens is 387 g/mol. The van der Waals surface area contributed by atoms with Gasteiger partial charge in [0.25, 0.3) is 0 Å². The van der Waals surface area contributed by atoms with Gasteiger partial charge in [0, 0.05) is 6.54 Å². The number of aromatic hydroxyl groups is 1. The molecule has 1 aromatic heterocycles. The van der Waals surface area contributed by atoms with E-state index in [2.05, 4.69) is 4.98 Å². The number of carbonyl (C=O) groups excluding carboxylic acids is 1. The Morgan fingerprint density at radius 3 is 2.52 bits per heavy atom. The highest BCUT2D eigenvalue weighted by Crippen LogP contribution is 2.32. The van der Waals surface area contributed by atoms with Gasteiger partial charge in [-0.25, -0.2) is 9.78 Å². The Morgan fingerprint density at radius 1 is 1.24 bits per heavy atom. The molecule has 29 heavy (non-hydrogen) atoms. The third-order valence-electron chi connectivity index (χ3n) is 4.99. The topological polar surface area (TPSA) is 76.9 Å². The number of aliphatic hydroxyl groups excluding tert-OH is 1. The van der Waals surface area contributed by atoms with Gasteiger partial charge in [0.15, 0.2) is 0 Å². The number of anilines is 1. The number of halogens is 3. The molecule has 2 amide bonds. The normalized spacial score (nSPS) is 18.6. The number of aromatic nitrogens is 1. The first-order valence-electron chi connectivity index (χ1n) is 9.16. The van der Waals surface area contributed by atoms with Gasteiger partial charge in [-0.2, -0.15) is 13.2 Å². The maximum absolute atomic E-state index is 13.0. The molecule has 2 N–H and O–H groups in total. The van der Waals surface area contributed by atoms with E-state index in [9.17, 15) is 28.2 Å². The first-order valence-corrected chi connectivity index (χ1v) is 9.16. The van der Waals surface area contributed by atoms with Gasteiger partial charge < -0.3 is 15.1 Å². The maximum atomic E-state index is 13.0. The van der Waals surface area contributed by atoms with Crippen molar-refractivity contribution in [3.63, 3.8) is 0 Å². The summed E-state index contributed by atoms with van der Waals surface area (Å²) in [6.07, 6.45) is -4.53. The number of alkyl halides is 3. The number of hydrogen-bond acceptors (Lipinski definition) is 4. The minimum absolute atomic E-state index is 0.00427. The molecule has 6 nitrogen and oxygen atoms in total. The molecule has 1 aliphatic rings. The Kier molecular flexibility index (Phi) is 5.70. The summed E-state index contributed by atoms with van der Waals surface area (Å²) in [7, 11) is 0. The van der Waals surface area contributed by atoms with Gasteiger partial charge in [0.2, 0.25) is 0 Å². The van der Waals surface area contributed by atoms with Crippen LogP contribution in [0.2, 0.25) is 0 Å². The van der Waals surface area contributed by atoms with Crippen LogP contribution in [0.15, 0.2) is 42.6 Å². The van der Waals surface area contributed by atoms with E-state index >= 15 is 0 Å². The van der Waals surface area contributed by atoms with Gasteiger partial charge in [-0.05, 0) is 35.7 Å². The number of hydrogen-bond donors (Lipinski definition) is 2. The van der Waals surface area contributed by atoms with Crippen molar-refractivity contribution >= 4 is 11.7 Å².